The Kier molecular flexibility index (Phi) is 2.89. The third-order valence-electron chi connectivity index (χ3n) is 3.38. The minimum Gasteiger partial charge on any atom is -0.378 e. The Morgan fingerprint density at radius 2 is 2.06 bits per heavy atom. The van der Waals surface area contributed by atoms with Crippen molar-refractivity contribution in [3.63, 3.8) is 0 Å². The highest BCUT2D eigenvalue weighted by Crippen LogP contribution is 2.38. The second-order valence-corrected chi connectivity index (χ2v) is 4.93. The van der Waals surface area contributed by atoms with Crippen LogP contribution in [0.1, 0.15) is 11.7 Å². The molecule has 0 bridgehead atoms. The van der Waals surface area contributed by atoms with Crippen LogP contribution in [-0.2, 0) is 4.79 Å². The fourth-order valence-corrected chi connectivity index (χ4v) is 2.69. The number of halogens is 1. The van der Waals surface area contributed by atoms with E-state index in [4.69, 9.17) is 11.6 Å². The molecule has 0 saturated carbocycles. The lowest BCUT2D eigenvalue weighted by atomic mass is 10.1. The minimum atomic E-state index is -1.10. The van der Waals surface area contributed by atoms with Gasteiger partial charge in [-0.2, -0.15) is 0 Å². The van der Waals surface area contributed by atoms with Crippen molar-refractivity contribution in [2.24, 2.45) is 0 Å². The van der Waals surface area contributed by atoms with Gasteiger partial charge in [0, 0.05) is 37.4 Å². The number of nitrogens with zero attached hydrogens (tertiary/aromatic N) is 1. The Balaban J connectivity index is 1.97. The molecule has 3 N–H and O–H groups in total. The Bertz CT molecular complexity index is 500. The first-order valence-electron chi connectivity index (χ1n) is 5.95. The van der Waals surface area contributed by atoms with Gasteiger partial charge < -0.3 is 20.6 Å². The van der Waals surface area contributed by atoms with Gasteiger partial charge in [0.1, 0.15) is 0 Å². The number of aliphatic hydroxyl groups is 1. The van der Waals surface area contributed by atoms with Crippen LogP contribution in [-0.4, -0.2) is 37.2 Å². The summed E-state index contributed by atoms with van der Waals surface area (Å²) in [5.41, 5.74) is 2.13. The van der Waals surface area contributed by atoms with Crippen molar-refractivity contribution in [2.45, 2.75) is 6.10 Å². The molecule has 1 aromatic rings. The van der Waals surface area contributed by atoms with E-state index in [9.17, 15) is 9.90 Å². The zero-order valence-corrected chi connectivity index (χ0v) is 10.5. The van der Waals surface area contributed by atoms with Crippen LogP contribution in [0.5, 0.6) is 0 Å². The van der Waals surface area contributed by atoms with E-state index in [-0.39, 0.29) is 0 Å². The van der Waals surface area contributed by atoms with Gasteiger partial charge in [0.2, 0.25) is 0 Å². The van der Waals surface area contributed by atoms with E-state index in [0.717, 1.165) is 31.9 Å². The molecule has 0 radical (unpaired) electrons. The van der Waals surface area contributed by atoms with Gasteiger partial charge in [0.15, 0.2) is 6.10 Å². The zero-order valence-electron chi connectivity index (χ0n) is 9.74. The van der Waals surface area contributed by atoms with Gasteiger partial charge in [-0.05, 0) is 12.1 Å². The highest BCUT2D eigenvalue weighted by molar-refractivity contribution is 6.33. The molecule has 1 fully saturated rings. The molecular weight excluding hydrogens is 254 g/mol. The lowest BCUT2D eigenvalue weighted by Crippen LogP contribution is -2.43. The van der Waals surface area contributed by atoms with Crippen LogP contribution < -0.4 is 15.5 Å². The smallest absolute Gasteiger partial charge is 0.257 e. The highest BCUT2D eigenvalue weighted by atomic mass is 35.5. The number of carbonyl (C=O) groups is 1. The van der Waals surface area contributed by atoms with Gasteiger partial charge >= 0.3 is 0 Å². The molecular formula is C12H14ClN3O2. The summed E-state index contributed by atoms with van der Waals surface area (Å²) in [5, 5.41) is 16.2. The van der Waals surface area contributed by atoms with E-state index < -0.39 is 12.0 Å². The first-order chi connectivity index (χ1) is 8.66. The molecule has 1 atom stereocenters. The number of carbonyl (C=O) groups excluding carboxylic acids is 1. The van der Waals surface area contributed by atoms with Crippen LogP contribution >= 0.6 is 11.6 Å². The molecule has 1 amide bonds. The maximum absolute atomic E-state index is 11.4. The number of hydrogen-bond donors (Lipinski definition) is 3. The summed E-state index contributed by atoms with van der Waals surface area (Å²) in [5.74, 6) is -0.390. The third kappa shape index (κ3) is 1.84. The molecule has 6 heteroatoms. The number of amides is 1. The molecule has 5 nitrogen and oxygen atoms in total. The molecule has 0 aliphatic carbocycles. The second-order valence-electron chi connectivity index (χ2n) is 4.52. The number of anilines is 2. The van der Waals surface area contributed by atoms with Crippen molar-refractivity contribution in [1.29, 1.82) is 0 Å². The standard InChI is InChI=1S/C12H14ClN3O2/c13-8-5-7-9(15-12(18)11(7)17)6-10(8)16-3-1-14-2-4-16/h5-6,11,14,17H,1-4H2,(H,15,18). The van der Waals surface area contributed by atoms with E-state index in [1.165, 1.54) is 0 Å². The highest BCUT2D eigenvalue weighted by Gasteiger charge is 2.30. The molecule has 2 heterocycles. The van der Waals surface area contributed by atoms with Gasteiger partial charge in [-0.3, -0.25) is 4.79 Å². The molecule has 18 heavy (non-hydrogen) atoms. The number of piperazine rings is 1. The molecule has 1 aromatic carbocycles. The number of hydrogen-bond acceptors (Lipinski definition) is 4. The number of fused-ring (bicyclic) bond motifs is 1. The van der Waals surface area contributed by atoms with E-state index >= 15 is 0 Å². The average molecular weight is 268 g/mol. The summed E-state index contributed by atoms with van der Waals surface area (Å²) in [6, 6.07) is 3.52. The second kappa shape index (κ2) is 4.42. The van der Waals surface area contributed by atoms with E-state index in [2.05, 4.69) is 15.5 Å². The zero-order chi connectivity index (χ0) is 12.7. The van der Waals surface area contributed by atoms with Gasteiger partial charge in [0.05, 0.1) is 10.7 Å². The summed E-state index contributed by atoms with van der Waals surface area (Å²) in [7, 11) is 0. The maximum atomic E-state index is 11.4. The van der Waals surface area contributed by atoms with Gasteiger partial charge in [0.25, 0.3) is 5.91 Å². The largest absolute Gasteiger partial charge is 0.378 e. The van der Waals surface area contributed by atoms with Crippen molar-refractivity contribution in [3.05, 3.63) is 22.7 Å². The quantitative estimate of drug-likeness (QED) is 0.702. The SMILES string of the molecule is O=C1Nc2cc(N3CCNCC3)c(Cl)cc2C1O. The predicted octanol–water partition coefficient (Wildman–Crippen LogP) is 0.735. The van der Waals surface area contributed by atoms with Crippen LogP contribution in [0.4, 0.5) is 11.4 Å². The summed E-state index contributed by atoms with van der Waals surface area (Å²) in [4.78, 5) is 13.6. The first kappa shape index (κ1) is 11.8. The normalized spacial score (nSPS) is 22.9. The minimum absolute atomic E-state index is 0.390. The van der Waals surface area contributed by atoms with Crippen molar-refractivity contribution >= 4 is 28.9 Å². The van der Waals surface area contributed by atoms with Crippen LogP contribution in [0.15, 0.2) is 12.1 Å². The Morgan fingerprint density at radius 3 is 2.78 bits per heavy atom. The topological polar surface area (TPSA) is 64.6 Å². The molecule has 1 unspecified atom stereocenters. The summed E-state index contributed by atoms with van der Waals surface area (Å²) in [6.45, 7) is 3.61. The molecule has 3 rings (SSSR count). The lowest BCUT2D eigenvalue weighted by molar-refractivity contribution is -0.123. The fourth-order valence-electron chi connectivity index (χ4n) is 2.40. The number of aliphatic hydroxyl groups excluding tert-OH is 1. The monoisotopic (exact) mass is 267 g/mol. The molecule has 2 aliphatic rings. The van der Waals surface area contributed by atoms with Crippen LogP contribution in [0.3, 0.4) is 0 Å². The van der Waals surface area contributed by atoms with Gasteiger partial charge in [-0.1, -0.05) is 11.6 Å². The van der Waals surface area contributed by atoms with Crippen LogP contribution in [0.25, 0.3) is 0 Å². The van der Waals surface area contributed by atoms with Crippen molar-refractivity contribution in [3.8, 4) is 0 Å². The van der Waals surface area contributed by atoms with Gasteiger partial charge in [-0.15, -0.1) is 0 Å². The van der Waals surface area contributed by atoms with Crippen LogP contribution in [0, 0.1) is 0 Å². The average Bonchev–Trinajstić information content (AvgIpc) is 2.66. The van der Waals surface area contributed by atoms with Crippen molar-refractivity contribution < 1.29 is 9.90 Å². The third-order valence-corrected chi connectivity index (χ3v) is 3.68. The van der Waals surface area contributed by atoms with Crippen molar-refractivity contribution in [2.75, 3.05) is 36.4 Å². The van der Waals surface area contributed by atoms with E-state index in [0.29, 0.717) is 16.3 Å². The molecule has 96 valence electrons. The van der Waals surface area contributed by atoms with Crippen molar-refractivity contribution in [1.82, 2.24) is 5.32 Å². The number of nitrogens with one attached hydrogen (secondary N) is 2. The maximum Gasteiger partial charge on any atom is 0.257 e. The Morgan fingerprint density at radius 1 is 1.33 bits per heavy atom. The fraction of sp³-hybridized carbons (Fsp3) is 0.417. The molecule has 0 spiro atoms. The van der Waals surface area contributed by atoms with Crippen LogP contribution in [0.2, 0.25) is 5.02 Å². The first-order valence-corrected chi connectivity index (χ1v) is 6.32. The van der Waals surface area contributed by atoms with E-state index in [1.54, 1.807) is 6.07 Å². The molecule has 2 aliphatic heterocycles. The predicted molar refractivity (Wildman–Crippen MR) is 70.1 cm³/mol. The summed E-state index contributed by atoms with van der Waals surface area (Å²) in [6.07, 6.45) is -1.10. The molecule has 1 saturated heterocycles. The molecule has 0 aromatic heterocycles. The Labute approximate surface area is 110 Å². The van der Waals surface area contributed by atoms with Gasteiger partial charge in [-0.25, -0.2) is 0 Å². The summed E-state index contributed by atoms with van der Waals surface area (Å²) < 4.78 is 0. The summed E-state index contributed by atoms with van der Waals surface area (Å²) >= 11 is 6.24. The number of benzene rings is 1. The van der Waals surface area contributed by atoms with E-state index in [1.807, 2.05) is 6.07 Å². The number of rotatable bonds is 1. The lowest BCUT2D eigenvalue weighted by Gasteiger charge is -2.30. The Hall–Kier alpha value is -1.30.